The summed E-state index contributed by atoms with van der Waals surface area (Å²) in [4.78, 5) is 10.4. The molecule has 0 saturated carbocycles. The van der Waals surface area contributed by atoms with Crippen molar-refractivity contribution < 1.29 is 22.5 Å². The first-order valence-electron chi connectivity index (χ1n) is 5.28. The van der Waals surface area contributed by atoms with Crippen molar-refractivity contribution in [2.45, 2.75) is 44.1 Å². The number of aliphatic carboxylic acids is 1. The molecule has 0 bridgehead atoms. The number of rotatable bonds is 6. The van der Waals surface area contributed by atoms with Gasteiger partial charge in [0.15, 0.2) is 9.84 Å². The molecule has 2 unspecified atom stereocenters. The summed E-state index contributed by atoms with van der Waals surface area (Å²) < 4.78 is 34.3. The van der Waals surface area contributed by atoms with E-state index < -0.39 is 36.6 Å². The lowest BCUT2D eigenvalue weighted by atomic mass is 10.3. The van der Waals surface area contributed by atoms with E-state index in [9.17, 15) is 17.4 Å². The molecule has 0 aliphatic heterocycles. The summed E-state index contributed by atoms with van der Waals surface area (Å²) in [5.41, 5.74) is 0. The molecule has 0 aromatic carbocycles. The molecule has 0 aliphatic rings. The Balaban J connectivity index is 4.41. The number of carboxylic acid groups (broad SMARTS) is 1. The Hall–Kier alpha value is -0.430. The van der Waals surface area contributed by atoms with Gasteiger partial charge in [-0.2, -0.15) is 0 Å². The van der Waals surface area contributed by atoms with Crippen molar-refractivity contribution in [2.75, 3.05) is 11.5 Å². The van der Waals surface area contributed by atoms with E-state index in [1.807, 2.05) is 0 Å². The first-order chi connectivity index (χ1) is 7.47. The van der Waals surface area contributed by atoms with Gasteiger partial charge in [0.2, 0.25) is 0 Å². The Bertz CT molecular complexity index is 391. The van der Waals surface area contributed by atoms with Crippen molar-refractivity contribution in [3.8, 4) is 0 Å². The van der Waals surface area contributed by atoms with Crippen LogP contribution in [0.3, 0.4) is 0 Å². The van der Waals surface area contributed by atoms with Crippen LogP contribution in [0.15, 0.2) is 0 Å². The van der Waals surface area contributed by atoms with E-state index in [2.05, 4.69) is 0 Å². The molecule has 0 amide bonds. The molecular weight excluding hydrogens is 264 g/mol. The second kappa shape index (κ2) is 5.95. The summed E-state index contributed by atoms with van der Waals surface area (Å²) in [5.74, 6) is -1.20. The second-order valence-corrected chi connectivity index (χ2v) is 9.76. The second-order valence-electron chi connectivity index (χ2n) is 4.92. The highest BCUT2D eigenvalue weighted by atomic mass is 32.2. The predicted molar refractivity (Wildman–Crippen MR) is 68.3 cm³/mol. The standard InChI is InChI=1S/C10H20O5S2/c1-8(7-9(11)12)16(13)5-6-17(14,15)10(2,3)4/h8H,5-7H2,1-4H3,(H,11,12). The summed E-state index contributed by atoms with van der Waals surface area (Å²) in [6.45, 7) is 6.32. The van der Waals surface area contributed by atoms with E-state index in [4.69, 9.17) is 5.11 Å². The average Bonchev–Trinajstić information content (AvgIpc) is 2.11. The Morgan fingerprint density at radius 3 is 2.18 bits per heavy atom. The van der Waals surface area contributed by atoms with Crippen LogP contribution in [0.2, 0.25) is 0 Å². The van der Waals surface area contributed by atoms with Gasteiger partial charge in [-0.25, -0.2) is 8.42 Å². The van der Waals surface area contributed by atoms with Crippen LogP contribution in [-0.2, 0) is 25.4 Å². The third kappa shape index (κ3) is 5.63. The highest BCUT2D eigenvalue weighted by molar-refractivity contribution is 7.94. The minimum absolute atomic E-state index is 0.00590. The van der Waals surface area contributed by atoms with Crippen molar-refractivity contribution in [1.29, 1.82) is 0 Å². The van der Waals surface area contributed by atoms with Gasteiger partial charge in [-0.3, -0.25) is 9.00 Å². The molecule has 5 nitrogen and oxygen atoms in total. The van der Waals surface area contributed by atoms with E-state index in [1.54, 1.807) is 27.7 Å². The van der Waals surface area contributed by atoms with E-state index in [-0.39, 0.29) is 17.9 Å². The van der Waals surface area contributed by atoms with Crippen LogP contribution in [0, 0.1) is 0 Å². The van der Waals surface area contributed by atoms with Crippen LogP contribution in [0.25, 0.3) is 0 Å². The number of carboxylic acids is 1. The normalized spacial score (nSPS) is 16.5. The number of sulfone groups is 1. The van der Waals surface area contributed by atoms with Gasteiger partial charge in [-0.1, -0.05) is 6.92 Å². The van der Waals surface area contributed by atoms with Gasteiger partial charge in [-0.05, 0) is 20.8 Å². The SMILES string of the molecule is CC(CC(=O)O)S(=O)CCS(=O)(=O)C(C)(C)C. The third-order valence-electron chi connectivity index (χ3n) is 2.40. The van der Waals surface area contributed by atoms with Crippen molar-refractivity contribution in [1.82, 2.24) is 0 Å². The summed E-state index contributed by atoms with van der Waals surface area (Å²) in [5, 5.41) is 8.01. The molecule has 0 saturated heterocycles. The number of hydrogen-bond acceptors (Lipinski definition) is 4. The average molecular weight is 284 g/mol. The van der Waals surface area contributed by atoms with Crippen molar-refractivity contribution in [3.05, 3.63) is 0 Å². The minimum Gasteiger partial charge on any atom is -0.481 e. The highest BCUT2D eigenvalue weighted by Gasteiger charge is 2.29. The fraction of sp³-hybridized carbons (Fsp3) is 0.900. The molecular formula is C10H20O5S2. The molecule has 0 radical (unpaired) electrons. The van der Waals surface area contributed by atoms with Gasteiger partial charge >= 0.3 is 5.97 Å². The Morgan fingerprint density at radius 2 is 1.82 bits per heavy atom. The molecule has 7 heteroatoms. The third-order valence-corrected chi connectivity index (χ3v) is 6.93. The molecule has 102 valence electrons. The fourth-order valence-electron chi connectivity index (χ4n) is 1.04. The maximum atomic E-state index is 11.8. The predicted octanol–water partition coefficient (Wildman–Crippen LogP) is 0.812. The van der Waals surface area contributed by atoms with Crippen LogP contribution < -0.4 is 0 Å². The Kier molecular flexibility index (Phi) is 5.80. The van der Waals surface area contributed by atoms with Gasteiger partial charge in [-0.15, -0.1) is 0 Å². The van der Waals surface area contributed by atoms with Crippen LogP contribution >= 0.6 is 0 Å². The zero-order valence-corrected chi connectivity index (χ0v) is 12.2. The summed E-state index contributed by atoms with van der Waals surface area (Å²) >= 11 is 0. The summed E-state index contributed by atoms with van der Waals surface area (Å²) in [7, 11) is -4.72. The van der Waals surface area contributed by atoms with E-state index >= 15 is 0 Å². The Morgan fingerprint density at radius 1 is 1.35 bits per heavy atom. The molecule has 0 spiro atoms. The topological polar surface area (TPSA) is 88.5 Å². The van der Waals surface area contributed by atoms with Crippen LogP contribution in [0.5, 0.6) is 0 Å². The van der Waals surface area contributed by atoms with Crippen molar-refractivity contribution in [3.63, 3.8) is 0 Å². The van der Waals surface area contributed by atoms with Gasteiger partial charge < -0.3 is 5.11 Å². The van der Waals surface area contributed by atoms with E-state index in [0.29, 0.717) is 0 Å². The first kappa shape index (κ1) is 16.6. The largest absolute Gasteiger partial charge is 0.481 e. The van der Waals surface area contributed by atoms with Crippen LogP contribution in [0.4, 0.5) is 0 Å². The van der Waals surface area contributed by atoms with Gasteiger partial charge in [0.1, 0.15) is 0 Å². The molecule has 2 atom stereocenters. The molecule has 1 N–H and O–H groups in total. The summed E-state index contributed by atoms with van der Waals surface area (Å²) in [6, 6.07) is 0. The molecule has 0 aromatic heterocycles. The molecule has 17 heavy (non-hydrogen) atoms. The minimum atomic E-state index is -3.30. The van der Waals surface area contributed by atoms with Gasteiger partial charge in [0.05, 0.1) is 16.9 Å². The van der Waals surface area contributed by atoms with Crippen molar-refractivity contribution >= 4 is 26.6 Å². The lowest BCUT2D eigenvalue weighted by Gasteiger charge is -2.19. The lowest BCUT2D eigenvalue weighted by molar-refractivity contribution is -0.136. The zero-order valence-electron chi connectivity index (χ0n) is 10.6. The molecule has 0 rings (SSSR count). The van der Waals surface area contributed by atoms with E-state index in [0.717, 1.165) is 0 Å². The van der Waals surface area contributed by atoms with Crippen molar-refractivity contribution in [2.24, 2.45) is 0 Å². The molecule has 0 aromatic rings. The maximum absolute atomic E-state index is 11.8. The number of hydrogen-bond donors (Lipinski definition) is 1. The van der Waals surface area contributed by atoms with Crippen LogP contribution in [0.1, 0.15) is 34.1 Å². The Labute approximate surface area is 105 Å². The van der Waals surface area contributed by atoms with Gasteiger partial charge in [0, 0.05) is 21.8 Å². The molecule has 0 heterocycles. The lowest BCUT2D eigenvalue weighted by Crippen LogP contribution is -2.33. The zero-order chi connectivity index (χ0) is 13.9. The molecule has 0 aliphatic carbocycles. The van der Waals surface area contributed by atoms with E-state index in [1.165, 1.54) is 0 Å². The smallest absolute Gasteiger partial charge is 0.304 e. The monoisotopic (exact) mass is 284 g/mol. The maximum Gasteiger partial charge on any atom is 0.304 e. The summed E-state index contributed by atoms with van der Waals surface area (Å²) in [6.07, 6.45) is -0.206. The fourth-order valence-corrected chi connectivity index (χ4v) is 3.92. The number of carbonyl (C=O) groups is 1. The van der Waals surface area contributed by atoms with Crippen LogP contribution in [-0.4, -0.2) is 45.2 Å². The highest BCUT2D eigenvalue weighted by Crippen LogP contribution is 2.16. The molecule has 0 fully saturated rings. The quantitative estimate of drug-likeness (QED) is 0.779. The first-order valence-corrected chi connectivity index (χ1v) is 8.32. The van der Waals surface area contributed by atoms with Gasteiger partial charge in [0.25, 0.3) is 0 Å².